The van der Waals surface area contributed by atoms with Crippen LogP contribution in [-0.4, -0.2) is 106 Å². The van der Waals surface area contributed by atoms with E-state index in [0.717, 1.165) is 42.5 Å². The third-order valence-corrected chi connectivity index (χ3v) is 9.08. The predicted octanol–water partition coefficient (Wildman–Crippen LogP) is -0.228. The van der Waals surface area contributed by atoms with E-state index in [1.807, 2.05) is 12.3 Å². The number of hydrogen-bond donors (Lipinski definition) is 2. The Labute approximate surface area is 187 Å². The maximum absolute atomic E-state index is 13.5. The molecule has 2 saturated heterocycles. The fourth-order valence-corrected chi connectivity index (χ4v) is 6.91. The number of aromatic nitrogens is 3. The van der Waals surface area contributed by atoms with E-state index in [1.165, 1.54) is 10.6 Å². The summed E-state index contributed by atoms with van der Waals surface area (Å²) in [5.41, 5.74) is 0.350. The second-order valence-electron chi connectivity index (χ2n) is 8.98. The first kappa shape index (κ1) is 21.6. The number of piperazine rings is 1. The predicted molar refractivity (Wildman–Crippen MR) is 118 cm³/mol. The molecule has 5 rings (SSSR count). The summed E-state index contributed by atoms with van der Waals surface area (Å²) in [6.45, 7) is 1.77. The van der Waals surface area contributed by atoms with E-state index >= 15 is 0 Å². The van der Waals surface area contributed by atoms with Gasteiger partial charge in [0, 0.05) is 52.0 Å². The lowest BCUT2D eigenvalue weighted by atomic mass is 10.2. The van der Waals surface area contributed by atoms with Crippen LogP contribution in [0.2, 0.25) is 0 Å². The van der Waals surface area contributed by atoms with Gasteiger partial charge in [0.05, 0.1) is 10.9 Å². The molecule has 0 bridgehead atoms. The summed E-state index contributed by atoms with van der Waals surface area (Å²) in [5.74, 6) is 0.489. The van der Waals surface area contributed by atoms with Crippen LogP contribution in [0.5, 0.6) is 0 Å². The molecule has 1 unspecified atom stereocenters. The molecule has 3 fully saturated rings. The fraction of sp³-hybridized carbons (Fsp3) is 0.650. The number of aromatic amines is 1. The van der Waals surface area contributed by atoms with Crippen molar-refractivity contribution in [3.8, 4) is 0 Å². The minimum absolute atomic E-state index is 0.200. The standard InChI is InChI=1S/C20H29N7O4S/c1-24(11-15-3-2-8-26(15)17(29)12-28)32(30,31)27-10-9-25(13-20(27)5-6-20)19-16-4-7-21-18(16)22-14-23-19/h4,7,14-15,28H,2-3,5-6,8-13H2,1H3,(H,21,22,23). The van der Waals surface area contributed by atoms with Gasteiger partial charge in [0.25, 0.3) is 10.2 Å². The number of rotatable bonds is 6. The van der Waals surface area contributed by atoms with Gasteiger partial charge in [-0.15, -0.1) is 0 Å². The van der Waals surface area contributed by atoms with Crippen LogP contribution >= 0.6 is 0 Å². The smallest absolute Gasteiger partial charge is 0.282 e. The van der Waals surface area contributed by atoms with E-state index in [0.29, 0.717) is 26.2 Å². The summed E-state index contributed by atoms with van der Waals surface area (Å²) < 4.78 is 30.1. The second kappa shape index (κ2) is 7.94. The lowest BCUT2D eigenvalue weighted by Crippen LogP contribution is -2.60. The Kier molecular flexibility index (Phi) is 5.35. The topological polar surface area (TPSA) is 126 Å². The minimum Gasteiger partial charge on any atom is -0.387 e. The Bertz CT molecular complexity index is 1120. The lowest BCUT2D eigenvalue weighted by Gasteiger charge is -2.43. The van der Waals surface area contributed by atoms with Crippen molar-refractivity contribution in [3.63, 3.8) is 0 Å². The quantitative estimate of drug-likeness (QED) is 0.606. The number of nitrogens with one attached hydrogen (secondary N) is 1. The minimum atomic E-state index is -3.69. The van der Waals surface area contributed by atoms with Crippen LogP contribution in [0.25, 0.3) is 11.0 Å². The van der Waals surface area contributed by atoms with Gasteiger partial charge in [-0.25, -0.2) is 9.97 Å². The molecule has 1 saturated carbocycles. The van der Waals surface area contributed by atoms with Crippen molar-refractivity contribution in [2.75, 3.05) is 51.3 Å². The lowest BCUT2D eigenvalue weighted by molar-refractivity contribution is -0.135. The van der Waals surface area contributed by atoms with Crippen LogP contribution in [0.15, 0.2) is 18.6 Å². The molecular weight excluding hydrogens is 434 g/mol. The summed E-state index contributed by atoms with van der Waals surface area (Å²) in [4.78, 5) is 27.6. The Hall–Kier alpha value is -2.28. The molecule has 11 nitrogen and oxygen atoms in total. The molecule has 0 aromatic carbocycles. The molecule has 1 aliphatic carbocycles. The molecule has 3 aliphatic rings. The molecule has 2 aromatic rings. The summed E-state index contributed by atoms with van der Waals surface area (Å²) in [7, 11) is -2.10. The van der Waals surface area contributed by atoms with Crippen LogP contribution in [0.1, 0.15) is 25.7 Å². The molecule has 2 N–H and O–H groups in total. The van der Waals surface area contributed by atoms with Gasteiger partial charge >= 0.3 is 0 Å². The van der Waals surface area contributed by atoms with Crippen molar-refractivity contribution in [1.82, 2.24) is 28.5 Å². The van der Waals surface area contributed by atoms with E-state index < -0.39 is 22.4 Å². The molecule has 2 aromatic heterocycles. The zero-order valence-electron chi connectivity index (χ0n) is 18.1. The van der Waals surface area contributed by atoms with Crippen molar-refractivity contribution in [2.45, 2.75) is 37.3 Å². The maximum atomic E-state index is 13.5. The number of carbonyl (C=O) groups excluding carboxylic acids is 1. The van der Waals surface area contributed by atoms with Crippen molar-refractivity contribution < 1.29 is 18.3 Å². The van der Waals surface area contributed by atoms with Gasteiger partial charge in [0.2, 0.25) is 5.91 Å². The van der Waals surface area contributed by atoms with Crippen LogP contribution in [0.4, 0.5) is 5.82 Å². The Morgan fingerprint density at radius 2 is 2.12 bits per heavy atom. The Balaban J connectivity index is 1.32. The molecule has 4 heterocycles. The average Bonchev–Trinajstić information content (AvgIpc) is 3.18. The average molecular weight is 464 g/mol. The number of nitrogens with zero attached hydrogens (tertiary/aromatic N) is 6. The molecular formula is C20H29N7O4S. The van der Waals surface area contributed by atoms with Gasteiger partial charge in [-0.05, 0) is 31.7 Å². The largest absolute Gasteiger partial charge is 0.387 e. The summed E-state index contributed by atoms with van der Waals surface area (Å²) in [5, 5.41) is 10.1. The highest BCUT2D eigenvalue weighted by atomic mass is 32.2. The van der Waals surface area contributed by atoms with E-state index in [4.69, 9.17) is 0 Å². The number of anilines is 1. The van der Waals surface area contributed by atoms with E-state index in [-0.39, 0.29) is 18.5 Å². The van der Waals surface area contributed by atoms with Crippen molar-refractivity contribution in [2.24, 2.45) is 0 Å². The molecule has 32 heavy (non-hydrogen) atoms. The number of aliphatic hydroxyl groups excluding tert-OH is 1. The highest BCUT2D eigenvalue weighted by Gasteiger charge is 2.57. The molecule has 1 atom stereocenters. The SMILES string of the molecule is CN(CC1CCCN1C(=O)CO)S(=O)(=O)N1CCN(c2ncnc3[nH]ccc23)CC12CC2. The van der Waals surface area contributed by atoms with Crippen LogP contribution < -0.4 is 4.90 Å². The molecule has 0 radical (unpaired) electrons. The zero-order valence-corrected chi connectivity index (χ0v) is 19.0. The van der Waals surface area contributed by atoms with Gasteiger partial charge < -0.3 is 19.9 Å². The maximum Gasteiger partial charge on any atom is 0.282 e. The second-order valence-corrected chi connectivity index (χ2v) is 10.9. The summed E-state index contributed by atoms with van der Waals surface area (Å²) >= 11 is 0. The number of fused-ring (bicyclic) bond motifs is 1. The third kappa shape index (κ3) is 3.54. The van der Waals surface area contributed by atoms with Gasteiger partial charge in [-0.2, -0.15) is 17.0 Å². The molecule has 12 heteroatoms. The summed E-state index contributed by atoms with van der Waals surface area (Å²) in [6, 6.07) is 1.75. The number of amides is 1. The summed E-state index contributed by atoms with van der Waals surface area (Å²) in [6.07, 6.45) is 6.56. The molecule has 174 valence electrons. The number of hydrogen-bond acceptors (Lipinski definition) is 7. The van der Waals surface area contributed by atoms with Crippen LogP contribution in [0, 0.1) is 0 Å². The molecule has 1 spiro atoms. The monoisotopic (exact) mass is 463 g/mol. The first-order chi connectivity index (χ1) is 15.4. The first-order valence-electron chi connectivity index (χ1n) is 11.0. The van der Waals surface area contributed by atoms with E-state index in [9.17, 15) is 18.3 Å². The van der Waals surface area contributed by atoms with Crippen LogP contribution in [0.3, 0.4) is 0 Å². The van der Waals surface area contributed by atoms with Gasteiger partial charge in [0.1, 0.15) is 24.4 Å². The number of likely N-dealkylation sites (tertiary alicyclic amines) is 1. The molecule has 1 amide bonds. The number of aliphatic hydroxyl groups is 1. The first-order valence-corrected chi connectivity index (χ1v) is 12.4. The van der Waals surface area contributed by atoms with E-state index in [1.54, 1.807) is 16.3 Å². The third-order valence-electron chi connectivity index (χ3n) is 7.02. The highest BCUT2D eigenvalue weighted by molar-refractivity contribution is 7.86. The van der Waals surface area contributed by atoms with Gasteiger partial charge in [-0.1, -0.05) is 0 Å². The number of H-pyrrole nitrogens is 1. The van der Waals surface area contributed by atoms with Crippen LogP contribution in [-0.2, 0) is 15.0 Å². The van der Waals surface area contributed by atoms with Crippen molar-refractivity contribution in [1.29, 1.82) is 0 Å². The fourth-order valence-electron chi connectivity index (χ4n) is 5.17. The number of carbonyl (C=O) groups is 1. The van der Waals surface area contributed by atoms with Gasteiger partial charge in [0.15, 0.2) is 0 Å². The molecule has 2 aliphatic heterocycles. The number of likely N-dealkylation sites (N-methyl/N-ethyl adjacent to an activating group) is 1. The zero-order chi connectivity index (χ0) is 22.5. The Morgan fingerprint density at radius 1 is 1.31 bits per heavy atom. The van der Waals surface area contributed by atoms with Gasteiger partial charge in [-0.3, -0.25) is 4.79 Å². The van der Waals surface area contributed by atoms with E-state index in [2.05, 4.69) is 19.9 Å². The highest BCUT2D eigenvalue weighted by Crippen LogP contribution is 2.47. The van der Waals surface area contributed by atoms with Crippen molar-refractivity contribution in [3.05, 3.63) is 18.6 Å². The normalized spacial score (nSPS) is 23.5. The van der Waals surface area contributed by atoms with Crippen molar-refractivity contribution >= 4 is 33.0 Å². The Morgan fingerprint density at radius 3 is 2.88 bits per heavy atom.